The Kier molecular flexibility index (Phi) is 6.70. The summed E-state index contributed by atoms with van der Waals surface area (Å²) in [4.78, 5) is 21.8. The highest BCUT2D eigenvalue weighted by molar-refractivity contribution is 6.09. The van der Waals surface area contributed by atoms with Crippen molar-refractivity contribution < 1.29 is 18.7 Å². The second-order valence-corrected chi connectivity index (χ2v) is 9.64. The number of hydrogen-bond acceptors (Lipinski definition) is 6. The summed E-state index contributed by atoms with van der Waals surface area (Å²) in [5.74, 6) is 0.0576. The number of fused-ring (bicyclic) bond motifs is 3. The molecule has 0 spiro atoms. The molecule has 7 nitrogen and oxygen atoms in total. The van der Waals surface area contributed by atoms with E-state index in [4.69, 9.17) is 9.47 Å². The van der Waals surface area contributed by atoms with Gasteiger partial charge in [-0.25, -0.2) is 9.18 Å². The zero-order valence-electron chi connectivity index (χ0n) is 21.8. The van der Waals surface area contributed by atoms with Crippen LogP contribution >= 0.6 is 0 Å². The Labute approximate surface area is 216 Å². The molecule has 192 valence electrons. The van der Waals surface area contributed by atoms with Gasteiger partial charge in [-0.3, -0.25) is 9.88 Å². The summed E-state index contributed by atoms with van der Waals surface area (Å²) in [7, 11) is 7.91. The summed E-state index contributed by atoms with van der Waals surface area (Å²) in [6, 6.07) is 12.3. The number of hydrogen-bond donors (Lipinski definition) is 0. The summed E-state index contributed by atoms with van der Waals surface area (Å²) in [6.07, 6.45) is 3.13. The van der Waals surface area contributed by atoms with E-state index in [0.29, 0.717) is 24.4 Å². The number of pyridine rings is 1. The number of nitrogens with zero attached hydrogens (tertiary/aromatic N) is 4. The van der Waals surface area contributed by atoms with Crippen molar-refractivity contribution >= 4 is 16.9 Å². The topological polar surface area (TPSA) is 59.8 Å². The number of benzene rings is 2. The average molecular weight is 503 g/mol. The molecule has 1 atom stereocenters. The van der Waals surface area contributed by atoms with Gasteiger partial charge in [0.25, 0.3) is 0 Å². The maximum Gasteiger partial charge on any atom is 0.340 e. The van der Waals surface area contributed by atoms with Crippen LogP contribution in [0.25, 0.3) is 22.0 Å². The fourth-order valence-electron chi connectivity index (χ4n) is 5.12. The van der Waals surface area contributed by atoms with Crippen molar-refractivity contribution in [2.45, 2.75) is 26.2 Å². The molecule has 5 rings (SSSR count). The van der Waals surface area contributed by atoms with Crippen molar-refractivity contribution in [3.63, 3.8) is 0 Å². The van der Waals surface area contributed by atoms with Crippen LogP contribution in [0.1, 0.15) is 40.3 Å². The number of ether oxygens (including phenoxy) is 2. The van der Waals surface area contributed by atoms with E-state index in [1.807, 2.05) is 58.3 Å². The number of carbonyl (C=O) groups is 1. The van der Waals surface area contributed by atoms with E-state index in [1.165, 1.54) is 12.1 Å². The van der Waals surface area contributed by atoms with Crippen molar-refractivity contribution in [2.75, 3.05) is 27.7 Å². The fourth-order valence-corrected chi connectivity index (χ4v) is 5.12. The third kappa shape index (κ3) is 4.47. The molecule has 0 saturated carbocycles. The first-order valence-corrected chi connectivity index (χ1v) is 12.3. The SMILES string of the molecule is CCOC(=O)c1c(CN(C)C)n(C)c2cc(-c3cccnc3)c3c(c12)CN(C)C(c1ccc(F)cc1)O3. The zero-order valence-corrected chi connectivity index (χ0v) is 21.8. The van der Waals surface area contributed by atoms with Gasteiger partial charge in [0.15, 0.2) is 6.23 Å². The molecule has 8 heteroatoms. The number of aromatic nitrogens is 2. The lowest BCUT2D eigenvalue weighted by molar-refractivity contribution is 0.0187. The predicted molar refractivity (Wildman–Crippen MR) is 141 cm³/mol. The third-order valence-corrected chi connectivity index (χ3v) is 6.77. The van der Waals surface area contributed by atoms with E-state index in [1.54, 1.807) is 18.3 Å². The second-order valence-electron chi connectivity index (χ2n) is 9.64. The maximum atomic E-state index is 13.7. The highest BCUT2D eigenvalue weighted by Crippen LogP contribution is 2.47. The van der Waals surface area contributed by atoms with Gasteiger partial charge in [-0.05, 0) is 52.3 Å². The number of halogens is 1. The Hall–Kier alpha value is -3.75. The third-order valence-electron chi connectivity index (χ3n) is 6.77. The van der Waals surface area contributed by atoms with Gasteiger partial charge in [0.1, 0.15) is 11.6 Å². The number of carbonyl (C=O) groups excluding carboxylic acids is 1. The molecule has 0 amide bonds. The van der Waals surface area contributed by atoms with Gasteiger partial charge < -0.3 is 18.9 Å². The summed E-state index contributed by atoms with van der Waals surface area (Å²) < 4.78 is 28.0. The first kappa shape index (κ1) is 24.9. The molecule has 2 aromatic heterocycles. The van der Waals surface area contributed by atoms with Gasteiger partial charge in [0.2, 0.25) is 0 Å². The molecule has 0 aliphatic carbocycles. The minimum Gasteiger partial charge on any atom is -0.470 e. The summed E-state index contributed by atoms with van der Waals surface area (Å²) in [6.45, 7) is 3.20. The fraction of sp³-hybridized carbons (Fsp3) is 0.310. The molecule has 1 aliphatic rings. The van der Waals surface area contributed by atoms with Crippen LogP contribution in [-0.2, 0) is 24.9 Å². The molecule has 0 radical (unpaired) electrons. The molecule has 0 bridgehead atoms. The van der Waals surface area contributed by atoms with Crippen LogP contribution in [0.15, 0.2) is 54.9 Å². The Bertz CT molecular complexity index is 1450. The highest BCUT2D eigenvalue weighted by Gasteiger charge is 2.34. The maximum absolute atomic E-state index is 13.7. The number of rotatable bonds is 6. The highest BCUT2D eigenvalue weighted by atomic mass is 19.1. The molecule has 0 N–H and O–H groups in total. The lowest BCUT2D eigenvalue weighted by atomic mass is 9.95. The minimum absolute atomic E-state index is 0.287. The Morgan fingerprint density at radius 2 is 1.97 bits per heavy atom. The summed E-state index contributed by atoms with van der Waals surface area (Å²) in [5.41, 5.74) is 5.94. The van der Waals surface area contributed by atoms with Crippen LogP contribution in [0.5, 0.6) is 5.75 Å². The quantitative estimate of drug-likeness (QED) is 0.340. The molecular formula is C29H31FN4O3. The van der Waals surface area contributed by atoms with Gasteiger partial charge in [0.05, 0.1) is 17.7 Å². The van der Waals surface area contributed by atoms with E-state index in [0.717, 1.165) is 38.9 Å². The van der Waals surface area contributed by atoms with Crippen LogP contribution in [-0.4, -0.2) is 53.1 Å². The van der Waals surface area contributed by atoms with Gasteiger partial charge in [-0.2, -0.15) is 0 Å². The molecule has 2 aromatic carbocycles. The largest absolute Gasteiger partial charge is 0.470 e. The van der Waals surface area contributed by atoms with Crippen LogP contribution < -0.4 is 4.74 Å². The number of esters is 1. The number of aryl methyl sites for hydroxylation is 1. The van der Waals surface area contributed by atoms with Crippen LogP contribution in [0.2, 0.25) is 0 Å². The van der Waals surface area contributed by atoms with Crippen LogP contribution in [0.4, 0.5) is 4.39 Å². The van der Waals surface area contributed by atoms with Crippen molar-refractivity contribution in [3.05, 3.63) is 83.1 Å². The molecule has 1 unspecified atom stereocenters. The molecular weight excluding hydrogens is 471 g/mol. The first-order valence-electron chi connectivity index (χ1n) is 12.3. The van der Waals surface area contributed by atoms with Crippen molar-refractivity contribution in [1.82, 2.24) is 19.4 Å². The van der Waals surface area contributed by atoms with Crippen LogP contribution in [0.3, 0.4) is 0 Å². The van der Waals surface area contributed by atoms with Gasteiger partial charge in [-0.15, -0.1) is 0 Å². The van der Waals surface area contributed by atoms with E-state index in [2.05, 4.69) is 20.5 Å². The first-order chi connectivity index (χ1) is 17.8. The summed E-state index contributed by atoms with van der Waals surface area (Å²) >= 11 is 0. The monoisotopic (exact) mass is 502 g/mol. The standard InChI is InChI=1S/C29H31FN4O3/c1-6-36-29(35)26-24(17-32(2)3)34(5)23-14-21(19-8-7-13-31-15-19)27-22(25(23)26)16-33(4)28(37-27)18-9-11-20(30)12-10-18/h7-15,28H,6,16-17H2,1-5H3. The van der Waals surface area contributed by atoms with Gasteiger partial charge >= 0.3 is 5.97 Å². The van der Waals surface area contributed by atoms with Gasteiger partial charge in [0, 0.05) is 65.9 Å². The second kappa shape index (κ2) is 9.95. The lowest BCUT2D eigenvalue weighted by Gasteiger charge is -2.36. The van der Waals surface area contributed by atoms with Crippen LogP contribution in [0, 0.1) is 5.82 Å². The van der Waals surface area contributed by atoms with E-state index < -0.39 is 6.23 Å². The predicted octanol–water partition coefficient (Wildman–Crippen LogP) is 5.14. The molecule has 4 aromatic rings. The Morgan fingerprint density at radius 3 is 2.62 bits per heavy atom. The Morgan fingerprint density at radius 1 is 1.22 bits per heavy atom. The smallest absolute Gasteiger partial charge is 0.340 e. The lowest BCUT2D eigenvalue weighted by Crippen LogP contribution is -2.33. The van der Waals surface area contributed by atoms with E-state index >= 15 is 0 Å². The molecule has 1 aliphatic heterocycles. The normalized spacial score (nSPS) is 15.6. The average Bonchev–Trinajstić information content (AvgIpc) is 3.15. The molecule has 0 fully saturated rings. The minimum atomic E-state index is -0.419. The Balaban J connectivity index is 1.80. The van der Waals surface area contributed by atoms with E-state index in [-0.39, 0.29) is 18.4 Å². The van der Waals surface area contributed by atoms with Crippen molar-refractivity contribution in [3.8, 4) is 16.9 Å². The van der Waals surface area contributed by atoms with Crippen molar-refractivity contribution in [1.29, 1.82) is 0 Å². The molecule has 37 heavy (non-hydrogen) atoms. The molecule has 3 heterocycles. The van der Waals surface area contributed by atoms with E-state index in [9.17, 15) is 9.18 Å². The molecule has 0 saturated heterocycles. The van der Waals surface area contributed by atoms with Gasteiger partial charge in [-0.1, -0.05) is 18.2 Å². The zero-order chi connectivity index (χ0) is 26.3. The van der Waals surface area contributed by atoms with Crippen molar-refractivity contribution in [2.24, 2.45) is 7.05 Å². The summed E-state index contributed by atoms with van der Waals surface area (Å²) in [5, 5.41) is 0.838.